The molecule has 1 aliphatic rings. The van der Waals surface area contributed by atoms with E-state index < -0.39 is 10.0 Å². The van der Waals surface area contributed by atoms with Crippen molar-refractivity contribution >= 4 is 10.0 Å². The fourth-order valence-electron chi connectivity index (χ4n) is 2.62. The highest BCUT2D eigenvalue weighted by atomic mass is 32.2. The van der Waals surface area contributed by atoms with Crippen LogP contribution in [0.3, 0.4) is 0 Å². The van der Waals surface area contributed by atoms with Crippen molar-refractivity contribution in [2.24, 2.45) is 5.73 Å². The average molecular weight is 298 g/mol. The second kappa shape index (κ2) is 6.22. The third-order valence-corrected chi connectivity index (χ3v) is 5.46. The van der Waals surface area contributed by atoms with Crippen molar-refractivity contribution in [1.82, 2.24) is 4.72 Å². The molecule has 1 saturated carbocycles. The first-order valence-electron chi connectivity index (χ1n) is 6.92. The van der Waals surface area contributed by atoms with Gasteiger partial charge in [-0.2, -0.15) is 0 Å². The molecule has 0 spiro atoms. The molecule has 0 unspecified atom stereocenters. The monoisotopic (exact) mass is 298 g/mol. The lowest BCUT2D eigenvalue weighted by Crippen LogP contribution is -2.38. The van der Waals surface area contributed by atoms with Crippen molar-refractivity contribution in [2.45, 2.75) is 56.2 Å². The van der Waals surface area contributed by atoms with Gasteiger partial charge in [-0.25, -0.2) is 13.1 Å². The SMILES string of the molecule is Cc1cc(CN)ccc1S(=O)(=O)NC1CCC(O)CC1. The molecule has 1 fully saturated rings. The van der Waals surface area contributed by atoms with Crippen LogP contribution >= 0.6 is 0 Å². The Morgan fingerprint density at radius 3 is 2.50 bits per heavy atom. The summed E-state index contributed by atoms with van der Waals surface area (Å²) in [5.41, 5.74) is 7.18. The Hall–Kier alpha value is -0.950. The number of benzene rings is 1. The fraction of sp³-hybridized carbons (Fsp3) is 0.571. The second-order valence-electron chi connectivity index (χ2n) is 5.43. The van der Waals surface area contributed by atoms with Gasteiger partial charge < -0.3 is 10.8 Å². The van der Waals surface area contributed by atoms with Crippen molar-refractivity contribution in [2.75, 3.05) is 0 Å². The Balaban J connectivity index is 2.14. The maximum Gasteiger partial charge on any atom is 0.241 e. The number of aliphatic hydroxyl groups excluding tert-OH is 1. The Morgan fingerprint density at radius 2 is 1.95 bits per heavy atom. The van der Waals surface area contributed by atoms with Gasteiger partial charge in [-0.1, -0.05) is 12.1 Å². The largest absolute Gasteiger partial charge is 0.393 e. The normalized spacial score (nSPS) is 23.8. The Kier molecular flexibility index (Phi) is 4.80. The topological polar surface area (TPSA) is 92.4 Å². The van der Waals surface area contributed by atoms with Crippen LogP contribution in [-0.2, 0) is 16.6 Å². The molecular weight excluding hydrogens is 276 g/mol. The molecule has 6 heteroatoms. The highest BCUT2D eigenvalue weighted by molar-refractivity contribution is 7.89. The minimum atomic E-state index is -3.51. The zero-order valence-corrected chi connectivity index (χ0v) is 12.5. The molecule has 0 aliphatic heterocycles. The number of sulfonamides is 1. The summed E-state index contributed by atoms with van der Waals surface area (Å²) in [5, 5.41) is 9.46. The number of aryl methyl sites for hydroxylation is 1. The first kappa shape index (κ1) is 15.4. The van der Waals surface area contributed by atoms with Gasteiger partial charge >= 0.3 is 0 Å². The second-order valence-corrected chi connectivity index (χ2v) is 7.11. The van der Waals surface area contributed by atoms with Crippen LogP contribution < -0.4 is 10.5 Å². The van der Waals surface area contributed by atoms with Crippen molar-refractivity contribution < 1.29 is 13.5 Å². The van der Waals surface area contributed by atoms with E-state index in [0.29, 0.717) is 42.7 Å². The molecule has 20 heavy (non-hydrogen) atoms. The van der Waals surface area contributed by atoms with Gasteiger partial charge in [0.25, 0.3) is 0 Å². The molecule has 0 bridgehead atoms. The van der Waals surface area contributed by atoms with Crippen molar-refractivity contribution in [3.8, 4) is 0 Å². The van der Waals surface area contributed by atoms with E-state index in [1.807, 2.05) is 0 Å². The molecule has 0 radical (unpaired) electrons. The van der Waals surface area contributed by atoms with E-state index >= 15 is 0 Å². The standard InChI is InChI=1S/C14H22N2O3S/c1-10-8-11(9-15)2-7-14(10)20(18,19)16-12-3-5-13(17)6-4-12/h2,7-8,12-13,16-17H,3-6,9,15H2,1H3. The van der Waals surface area contributed by atoms with E-state index in [2.05, 4.69) is 4.72 Å². The molecule has 0 aromatic heterocycles. The Bertz CT molecular complexity index is 564. The lowest BCUT2D eigenvalue weighted by Gasteiger charge is -2.26. The van der Waals surface area contributed by atoms with Crippen LogP contribution in [0.4, 0.5) is 0 Å². The molecule has 1 aliphatic carbocycles. The van der Waals surface area contributed by atoms with E-state index in [4.69, 9.17) is 5.73 Å². The molecule has 2 rings (SSSR count). The van der Waals surface area contributed by atoms with Crippen LogP contribution in [0.25, 0.3) is 0 Å². The number of nitrogens with one attached hydrogen (secondary N) is 1. The molecule has 1 aromatic carbocycles. The minimum Gasteiger partial charge on any atom is -0.393 e. The van der Waals surface area contributed by atoms with Gasteiger partial charge in [0, 0.05) is 12.6 Å². The summed E-state index contributed by atoms with van der Waals surface area (Å²) >= 11 is 0. The number of rotatable bonds is 4. The highest BCUT2D eigenvalue weighted by Crippen LogP contribution is 2.22. The molecule has 5 nitrogen and oxygen atoms in total. The maximum atomic E-state index is 12.4. The smallest absolute Gasteiger partial charge is 0.241 e. The predicted molar refractivity (Wildman–Crippen MR) is 77.7 cm³/mol. The number of aliphatic hydroxyl groups is 1. The van der Waals surface area contributed by atoms with Gasteiger partial charge in [0.05, 0.1) is 11.0 Å². The fourth-order valence-corrected chi connectivity index (χ4v) is 4.15. The van der Waals surface area contributed by atoms with E-state index in [1.165, 1.54) is 0 Å². The van der Waals surface area contributed by atoms with Crippen LogP contribution in [0.2, 0.25) is 0 Å². The summed E-state index contributed by atoms with van der Waals surface area (Å²) in [6.07, 6.45) is 2.37. The van der Waals surface area contributed by atoms with Gasteiger partial charge in [-0.15, -0.1) is 0 Å². The molecule has 4 N–H and O–H groups in total. The summed E-state index contributed by atoms with van der Waals surface area (Å²) in [6, 6.07) is 5.07. The van der Waals surface area contributed by atoms with E-state index in [1.54, 1.807) is 25.1 Å². The van der Waals surface area contributed by atoms with Gasteiger partial charge in [0.2, 0.25) is 10.0 Å². The van der Waals surface area contributed by atoms with E-state index in [0.717, 1.165) is 5.56 Å². The van der Waals surface area contributed by atoms with Crippen molar-refractivity contribution in [3.63, 3.8) is 0 Å². The number of hydrogen-bond acceptors (Lipinski definition) is 4. The molecule has 1 aromatic rings. The van der Waals surface area contributed by atoms with E-state index in [9.17, 15) is 13.5 Å². The van der Waals surface area contributed by atoms with Crippen LogP contribution in [0.5, 0.6) is 0 Å². The molecule has 0 amide bonds. The lowest BCUT2D eigenvalue weighted by molar-refractivity contribution is 0.120. The summed E-state index contributed by atoms with van der Waals surface area (Å²) in [6.45, 7) is 2.17. The zero-order chi connectivity index (χ0) is 14.8. The maximum absolute atomic E-state index is 12.4. The van der Waals surface area contributed by atoms with Crippen LogP contribution in [-0.4, -0.2) is 25.7 Å². The number of nitrogens with two attached hydrogens (primary N) is 1. The quantitative estimate of drug-likeness (QED) is 0.774. The summed E-state index contributed by atoms with van der Waals surface area (Å²) in [4.78, 5) is 0.306. The highest BCUT2D eigenvalue weighted by Gasteiger charge is 2.25. The van der Waals surface area contributed by atoms with Crippen molar-refractivity contribution in [1.29, 1.82) is 0 Å². The van der Waals surface area contributed by atoms with Gasteiger partial charge in [0.15, 0.2) is 0 Å². The minimum absolute atomic E-state index is 0.0861. The average Bonchev–Trinajstić information content (AvgIpc) is 2.40. The first-order chi connectivity index (χ1) is 9.42. The first-order valence-corrected chi connectivity index (χ1v) is 8.40. The molecule has 0 saturated heterocycles. The van der Waals surface area contributed by atoms with Crippen molar-refractivity contribution in [3.05, 3.63) is 29.3 Å². The summed E-state index contributed by atoms with van der Waals surface area (Å²) in [5.74, 6) is 0. The summed E-state index contributed by atoms with van der Waals surface area (Å²) in [7, 11) is -3.51. The summed E-state index contributed by atoms with van der Waals surface area (Å²) < 4.78 is 27.5. The van der Waals surface area contributed by atoms with Gasteiger partial charge in [-0.3, -0.25) is 0 Å². The predicted octanol–water partition coefficient (Wildman–Crippen LogP) is 1.04. The third-order valence-electron chi connectivity index (χ3n) is 3.78. The lowest BCUT2D eigenvalue weighted by atomic mass is 9.94. The molecular formula is C14H22N2O3S. The molecule has 112 valence electrons. The van der Waals surface area contributed by atoms with Crippen LogP contribution in [0.15, 0.2) is 23.1 Å². The number of hydrogen-bond donors (Lipinski definition) is 3. The third kappa shape index (κ3) is 3.58. The van der Waals surface area contributed by atoms with Gasteiger partial charge in [0.1, 0.15) is 0 Å². The molecule has 0 heterocycles. The molecule has 0 atom stereocenters. The zero-order valence-electron chi connectivity index (χ0n) is 11.7. The Labute approximate surface area is 120 Å². The van der Waals surface area contributed by atoms with E-state index in [-0.39, 0.29) is 12.1 Å². The van der Waals surface area contributed by atoms with Crippen LogP contribution in [0, 0.1) is 6.92 Å². The van der Waals surface area contributed by atoms with Crippen LogP contribution in [0.1, 0.15) is 36.8 Å². The van der Waals surface area contributed by atoms with Gasteiger partial charge in [-0.05, 0) is 49.8 Å². The Morgan fingerprint density at radius 1 is 1.30 bits per heavy atom.